The number of carboxylic acids is 1. The number of allylic oxidation sites excluding steroid dienone is 1. The van der Waals surface area contributed by atoms with E-state index in [0.717, 1.165) is 16.4 Å². The molecular weight excluding hydrogens is 533 g/mol. The van der Waals surface area contributed by atoms with Gasteiger partial charge in [-0.1, -0.05) is 11.2 Å². The van der Waals surface area contributed by atoms with Gasteiger partial charge in [-0.2, -0.15) is 9.36 Å². The quantitative estimate of drug-likeness (QED) is 0.107. The number of alkyl halides is 1. The second-order valence-corrected chi connectivity index (χ2v) is 10.2. The van der Waals surface area contributed by atoms with Gasteiger partial charge in [0, 0.05) is 17.3 Å². The van der Waals surface area contributed by atoms with E-state index in [9.17, 15) is 28.7 Å². The number of likely N-dealkylation sites (N-methyl/N-ethyl adjacent to an activating group) is 1. The summed E-state index contributed by atoms with van der Waals surface area (Å²) < 4.78 is 16.7. The van der Waals surface area contributed by atoms with Crippen molar-refractivity contribution in [2.24, 2.45) is 10.9 Å². The van der Waals surface area contributed by atoms with Crippen LogP contribution in [0.1, 0.15) is 12.7 Å². The predicted molar refractivity (Wildman–Crippen MR) is 132 cm³/mol. The number of hydrogen-bond acceptors (Lipinski definition) is 11. The Labute approximate surface area is 218 Å². The molecule has 1 aromatic rings. The molecule has 17 heteroatoms. The topological polar surface area (TPSA) is 203 Å². The van der Waals surface area contributed by atoms with Crippen LogP contribution in [0.5, 0.6) is 0 Å². The van der Waals surface area contributed by atoms with Crippen molar-refractivity contribution in [3.63, 3.8) is 0 Å². The van der Waals surface area contributed by atoms with E-state index in [-0.39, 0.29) is 29.0 Å². The standard InChI is InChI=1S/C20H25FN8O6S2/c1-3-29(2,7-11(22)30)6-4-5-10-8-36-18-13(17(32)28(18)14(10)19(33)34)24-16(31)12(26-35-9-21)15-25-20(23)37-27-15/h4-5,13,18H,3,6-9H2,1-2H3,(H5-,22,23,24,25,27,30,31,33,34)/p+1/b5-4+,26-12-/i20+2. The fourth-order valence-corrected chi connectivity index (χ4v) is 5.47. The Morgan fingerprint density at radius 3 is 2.76 bits per heavy atom. The Hall–Kier alpha value is -3.57. The molecule has 3 atom stereocenters. The molecule has 3 amide bonds. The number of β-lactam (4-membered cyclic amide) rings is 1. The number of nitrogens with zero attached hydrogens (tertiary/aromatic N) is 5. The molecule has 0 radical (unpaired) electrons. The van der Waals surface area contributed by atoms with E-state index in [1.54, 1.807) is 12.2 Å². The monoisotopic (exact) mass is 559 g/mol. The normalized spacial score (nSPS) is 21.3. The largest absolute Gasteiger partial charge is 0.477 e. The number of primary amides is 1. The number of fused-ring (bicyclic) bond motifs is 1. The van der Waals surface area contributed by atoms with Crippen molar-refractivity contribution in [2.75, 3.05) is 45.0 Å². The van der Waals surface area contributed by atoms with Gasteiger partial charge in [0.05, 0.1) is 20.1 Å². The second kappa shape index (κ2) is 11.7. The lowest BCUT2D eigenvalue weighted by atomic mass is 10.0. The van der Waals surface area contributed by atoms with Crippen molar-refractivity contribution in [2.45, 2.75) is 18.3 Å². The highest BCUT2D eigenvalue weighted by molar-refractivity contribution is 8.00. The summed E-state index contributed by atoms with van der Waals surface area (Å²) in [6.45, 7) is 1.78. The van der Waals surface area contributed by atoms with Gasteiger partial charge in [-0.15, -0.1) is 11.8 Å². The molecule has 0 saturated carbocycles. The van der Waals surface area contributed by atoms with E-state index in [0.29, 0.717) is 23.1 Å². The van der Waals surface area contributed by atoms with E-state index >= 15 is 0 Å². The first kappa shape index (κ1) is 28.0. The van der Waals surface area contributed by atoms with Crippen molar-refractivity contribution >= 4 is 57.8 Å². The summed E-state index contributed by atoms with van der Waals surface area (Å²) in [4.78, 5) is 58.4. The summed E-state index contributed by atoms with van der Waals surface area (Å²) in [6.07, 6.45) is 3.37. The summed E-state index contributed by atoms with van der Waals surface area (Å²) in [5.74, 6) is -3.26. The van der Waals surface area contributed by atoms with Crippen molar-refractivity contribution in [1.82, 2.24) is 19.6 Å². The van der Waals surface area contributed by atoms with Crippen molar-refractivity contribution in [1.29, 1.82) is 0 Å². The number of nitrogen functional groups attached to an aromatic ring is 1. The lowest BCUT2D eigenvalue weighted by Gasteiger charge is -2.49. The maximum atomic E-state index is 12.9. The van der Waals surface area contributed by atoms with Gasteiger partial charge in [0.1, 0.15) is 17.1 Å². The predicted octanol–water partition coefficient (Wildman–Crippen LogP) is -0.985. The first-order valence-corrected chi connectivity index (χ1v) is 12.7. The molecule has 0 spiro atoms. The van der Waals surface area contributed by atoms with Crippen LogP contribution in [0.4, 0.5) is 9.52 Å². The van der Waals surface area contributed by atoms with Gasteiger partial charge < -0.3 is 31.2 Å². The van der Waals surface area contributed by atoms with Gasteiger partial charge in [0.25, 0.3) is 24.6 Å². The van der Waals surface area contributed by atoms with E-state index in [1.165, 1.54) is 11.8 Å². The fraction of sp³-hybridized carbons (Fsp3) is 0.450. The van der Waals surface area contributed by atoms with Crippen LogP contribution in [-0.2, 0) is 24.0 Å². The van der Waals surface area contributed by atoms with Gasteiger partial charge in [-0.05, 0) is 18.6 Å². The second-order valence-electron chi connectivity index (χ2n) is 8.32. The third kappa shape index (κ3) is 6.23. The molecule has 3 rings (SSSR count). The zero-order valence-corrected chi connectivity index (χ0v) is 21.6. The Bertz CT molecular complexity index is 1190. The molecule has 2 aliphatic rings. The Balaban J connectivity index is 1.76. The molecule has 200 valence electrons. The first-order chi connectivity index (χ1) is 17.5. The number of halogens is 1. The average molecular weight is 560 g/mol. The SMILES string of the molecule is CC[N+](C)(C/C=C/C1=C(C(=O)O)N2C(=O)C(NC(=O)/C(=N\OCF)c3ns[14c](N)n3)C2SC1)CC(N)=O. The summed E-state index contributed by atoms with van der Waals surface area (Å²) in [6, 6.07) is -1.07. The average Bonchev–Trinajstić information content (AvgIpc) is 3.27. The van der Waals surface area contributed by atoms with Gasteiger partial charge in [-0.3, -0.25) is 19.3 Å². The molecule has 0 aliphatic carbocycles. The number of quaternary nitrogens is 1. The van der Waals surface area contributed by atoms with Gasteiger partial charge in [0.15, 0.2) is 11.7 Å². The number of amides is 3. The summed E-state index contributed by atoms with van der Waals surface area (Å²) in [7, 11) is 1.85. The molecule has 6 N–H and O–H groups in total. The summed E-state index contributed by atoms with van der Waals surface area (Å²) in [5.41, 5.74) is 10.6. The maximum Gasteiger partial charge on any atom is 0.352 e. The van der Waals surface area contributed by atoms with Crippen molar-refractivity contribution < 1.29 is 38.0 Å². The molecule has 0 aromatic carbocycles. The minimum atomic E-state index is -1.31. The number of nitrogens with one attached hydrogen (secondary N) is 1. The van der Waals surface area contributed by atoms with Gasteiger partial charge in [-0.25, -0.2) is 9.18 Å². The lowest BCUT2D eigenvalue weighted by Crippen LogP contribution is -2.71. The zero-order valence-electron chi connectivity index (χ0n) is 19.9. The van der Waals surface area contributed by atoms with Crippen LogP contribution < -0.4 is 16.8 Å². The third-order valence-corrected chi connectivity index (χ3v) is 7.57. The summed E-state index contributed by atoms with van der Waals surface area (Å²) >= 11 is 2.04. The molecular formula is C20H26FN8O6S2+. The number of carbonyl (C=O) groups excluding carboxylic acids is 3. The number of nitrogens with two attached hydrogens (primary N) is 2. The van der Waals surface area contributed by atoms with Gasteiger partial charge in [0.2, 0.25) is 11.5 Å². The number of oxime groups is 1. The van der Waals surface area contributed by atoms with E-state index in [4.69, 9.17) is 11.5 Å². The molecule has 3 heterocycles. The highest BCUT2D eigenvalue weighted by Gasteiger charge is 2.54. The lowest BCUT2D eigenvalue weighted by molar-refractivity contribution is -0.894. The minimum absolute atomic E-state index is 0.0361. The minimum Gasteiger partial charge on any atom is -0.477 e. The number of carbonyl (C=O) groups is 4. The molecule has 2 aliphatic heterocycles. The highest BCUT2D eigenvalue weighted by Crippen LogP contribution is 2.40. The molecule has 1 aromatic heterocycles. The fourth-order valence-electron chi connectivity index (χ4n) is 3.72. The molecule has 1 fully saturated rings. The number of rotatable bonds is 12. The molecule has 1 saturated heterocycles. The Morgan fingerprint density at radius 1 is 1.46 bits per heavy atom. The van der Waals surface area contributed by atoms with Crippen LogP contribution in [0, 0.1) is 0 Å². The molecule has 37 heavy (non-hydrogen) atoms. The van der Waals surface area contributed by atoms with E-state index in [2.05, 4.69) is 24.7 Å². The number of anilines is 1. The number of aliphatic carboxylic acids is 1. The van der Waals surface area contributed by atoms with Crippen LogP contribution in [0.25, 0.3) is 0 Å². The zero-order chi connectivity index (χ0) is 27.3. The molecule has 3 unspecified atom stereocenters. The number of hydrogen-bond donors (Lipinski definition) is 4. The number of aromatic nitrogens is 2. The van der Waals surface area contributed by atoms with Crippen molar-refractivity contribution in [3.8, 4) is 0 Å². The first-order valence-electron chi connectivity index (χ1n) is 10.9. The number of carboxylic acid groups (broad SMARTS) is 1. The smallest absolute Gasteiger partial charge is 0.352 e. The van der Waals surface area contributed by atoms with Gasteiger partial charge >= 0.3 is 5.97 Å². The van der Waals surface area contributed by atoms with Crippen LogP contribution >= 0.6 is 23.3 Å². The maximum absolute atomic E-state index is 12.9. The van der Waals surface area contributed by atoms with Crippen LogP contribution in [0.3, 0.4) is 0 Å². The molecule has 14 nitrogen and oxygen atoms in total. The summed E-state index contributed by atoms with van der Waals surface area (Å²) in [5, 5.41) is 15.0. The number of thioether (sulfide) groups is 1. The Morgan fingerprint density at radius 2 is 2.19 bits per heavy atom. The Kier molecular flexibility index (Phi) is 8.82. The molecule has 0 bridgehead atoms. The van der Waals surface area contributed by atoms with Crippen molar-refractivity contribution in [3.05, 3.63) is 29.2 Å². The third-order valence-electron chi connectivity index (χ3n) is 5.73. The van der Waals surface area contributed by atoms with Crippen LogP contribution in [-0.4, -0.2) is 104 Å². The van der Waals surface area contributed by atoms with Crippen LogP contribution in [0.2, 0.25) is 0 Å². The highest BCUT2D eigenvalue weighted by atomic mass is 32.2. The van der Waals surface area contributed by atoms with E-state index < -0.39 is 47.7 Å². The van der Waals surface area contributed by atoms with E-state index in [1.807, 2.05) is 14.0 Å². The van der Waals surface area contributed by atoms with Crippen LogP contribution in [0.15, 0.2) is 28.6 Å².